The van der Waals surface area contributed by atoms with E-state index < -0.39 is 44.4 Å². The van der Waals surface area contributed by atoms with Crippen molar-refractivity contribution in [2.24, 2.45) is 5.41 Å². The third-order valence-corrected chi connectivity index (χ3v) is 5.57. The van der Waals surface area contributed by atoms with Gasteiger partial charge >= 0.3 is 21.7 Å². The summed E-state index contributed by atoms with van der Waals surface area (Å²) in [6.45, 7) is 4.64. The summed E-state index contributed by atoms with van der Waals surface area (Å²) in [6, 6.07) is 0. The van der Waals surface area contributed by atoms with Crippen molar-refractivity contribution in [3.63, 3.8) is 0 Å². The lowest BCUT2D eigenvalue weighted by Gasteiger charge is -2.54. The molecule has 2 rings (SSSR count). The molecule has 0 N–H and O–H groups in total. The van der Waals surface area contributed by atoms with Crippen LogP contribution in [0.4, 0.5) is 18.0 Å². The summed E-state index contributed by atoms with van der Waals surface area (Å²) in [6.07, 6.45) is 1.09. The van der Waals surface area contributed by atoms with E-state index in [0.717, 1.165) is 4.90 Å². The van der Waals surface area contributed by atoms with Gasteiger partial charge in [-0.05, 0) is 33.3 Å². The molecule has 1 spiro atoms. The Hall–Kier alpha value is -1.53. The van der Waals surface area contributed by atoms with Crippen LogP contribution in [0, 0.1) is 5.41 Å². The average molecular weight is 431 g/mol. The maximum atomic E-state index is 12.8. The largest absolute Gasteiger partial charge is 0.534 e. The van der Waals surface area contributed by atoms with Gasteiger partial charge in [0, 0.05) is 39.0 Å². The molecular formula is C16H24F3NO7S. The molecule has 0 bridgehead atoms. The fourth-order valence-corrected chi connectivity index (χ4v) is 3.71. The lowest BCUT2D eigenvalue weighted by atomic mass is 9.61. The molecular weight excluding hydrogens is 407 g/mol. The number of amides is 1. The van der Waals surface area contributed by atoms with Crippen molar-refractivity contribution in [1.82, 2.24) is 4.90 Å². The van der Waals surface area contributed by atoms with Crippen LogP contribution in [0.2, 0.25) is 0 Å². The smallest absolute Gasteiger partial charge is 0.443 e. The molecule has 0 radical (unpaired) electrons. The van der Waals surface area contributed by atoms with Crippen LogP contribution in [-0.4, -0.2) is 57.1 Å². The highest BCUT2D eigenvalue weighted by atomic mass is 32.2. The van der Waals surface area contributed by atoms with E-state index in [2.05, 4.69) is 4.18 Å². The van der Waals surface area contributed by atoms with E-state index in [4.69, 9.17) is 14.2 Å². The molecule has 1 fully saturated rings. The number of carbonyl (C=O) groups is 1. The highest BCUT2D eigenvalue weighted by Crippen LogP contribution is 2.56. The molecule has 1 aliphatic heterocycles. The monoisotopic (exact) mass is 431 g/mol. The summed E-state index contributed by atoms with van der Waals surface area (Å²) in [5.41, 5.74) is -7.29. The Morgan fingerprint density at radius 3 is 2.11 bits per heavy atom. The van der Waals surface area contributed by atoms with Crippen LogP contribution >= 0.6 is 0 Å². The summed E-state index contributed by atoms with van der Waals surface area (Å²) >= 11 is 0. The maximum Gasteiger partial charge on any atom is 0.534 e. The van der Waals surface area contributed by atoms with Gasteiger partial charge in [0.05, 0.1) is 0 Å². The summed E-state index contributed by atoms with van der Waals surface area (Å²) < 4.78 is 81.4. The van der Waals surface area contributed by atoms with Crippen molar-refractivity contribution < 1.29 is 44.8 Å². The molecule has 28 heavy (non-hydrogen) atoms. The second-order valence-electron chi connectivity index (χ2n) is 7.88. The summed E-state index contributed by atoms with van der Waals surface area (Å²) in [5, 5.41) is 0. The minimum Gasteiger partial charge on any atom is -0.443 e. The van der Waals surface area contributed by atoms with Gasteiger partial charge in [-0.1, -0.05) is 0 Å². The Balaban J connectivity index is 2.36. The summed E-state index contributed by atoms with van der Waals surface area (Å²) in [5.74, 6) is -1.66. The summed E-state index contributed by atoms with van der Waals surface area (Å²) in [4.78, 5) is 13.1. The Morgan fingerprint density at radius 2 is 1.68 bits per heavy atom. The first-order valence-corrected chi connectivity index (χ1v) is 9.83. The molecule has 1 amide bonds. The highest BCUT2D eigenvalue weighted by molar-refractivity contribution is 7.87. The first-order valence-electron chi connectivity index (χ1n) is 8.42. The molecule has 1 aliphatic carbocycles. The number of rotatable bonds is 4. The molecule has 1 heterocycles. The fraction of sp³-hybridized carbons (Fsp3) is 0.812. The molecule has 162 valence electrons. The molecule has 0 atom stereocenters. The van der Waals surface area contributed by atoms with Gasteiger partial charge in [0.15, 0.2) is 5.79 Å². The number of carbonyl (C=O) groups excluding carboxylic acids is 1. The van der Waals surface area contributed by atoms with Crippen LogP contribution in [0.15, 0.2) is 12.0 Å². The van der Waals surface area contributed by atoms with Crippen LogP contribution < -0.4 is 0 Å². The minimum absolute atomic E-state index is 0.0857. The van der Waals surface area contributed by atoms with Crippen LogP contribution in [-0.2, 0) is 28.5 Å². The van der Waals surface area contributed by atoms with Gasteiger partial charge in [0.25, 0.3) is 0 Å². The Labute approximate surface area is 161 Å². The van der Waals surface area contributed by atoms with Gasteiger partial charge in [-0.25, -0.2) is 9.69 Å². The van der Waals surface area contributed by atoms with Gasteiger partial charge < -0.3 is 18.4 Å². The third kappa shape index (κ3) is 4.54. The van der Waals surface area contributed by atoms with Crippen molar-refractivity contribution in [1.29, 1.82) is 0 Å². The zero-order valence-electron chi connectivity index (χ0n) is 16.3. The second kappa shape index (κ2) is 7.06. The van der Waals surface area contributed by atoms with E-state index in [1.165, 1.54) is 20.3 Å². The van der Waals surface area contributed by atoms with Crippen LogP contribution in [0.1, 0.15) is 40.0 Å². The zero-order chi connectivity index (χ0) is 21.6. The van der Waals surface area contributed by atoms with Gasteiger partial charge in [0.1, 0.15) is 5.60 Å². The molecule has 8 nitrogen and oxygen atoms in total. The Kier molecular flexibility index (Phi) is 5.74. The van der Waals surface area contributed by atoms with Gasteiger partial charge in [-0.3, -0.25) is 0 Å². The maximum absolute atomic E-state index is 12.8. The standard InChI is InChI=1S/C16H24F3NO7S/c1-13(2,3)26-12(21)20-7-6-14(9-15(10-14,24-4)25-5)8-11(20)27-28(22,23)16(17,18)19/h8H,6-7,9-10H2,1-5H3. The van der Waals surface area contributed by atoms with Crippen molar-refractivity contribution >= 4 is 16.2 Å². The van der Waals surface area contributed by atoms with Crippen LogP contribution in [0.3, 0.4) is 0 Å². The van der Waals surface area contributed by atoms with Crippen molar-refractivity contribution in [2.75, 3.05) is 20.8 Å². The van der Waals surface area contributed by atoms with Crippen molar-refractivity contribution in [3.8, 4) is 0 Å². The van der Waals surface area contributed by atoms with E-state index in [-0.39, 0.29) is 19.4 Å². The quantitative estimate of drug-likeness (QED) is 0.384. The SMILES string of the molecule is COC1(OC)CC2(C=C(OS(=O)(=O)C(F)(F)F)N(C(=O)OC(C)(C)C)CC2)C1. The number of hydrogen-bond acceptors (Lipinski definition) is 7. The molecule has 12 heteroatoms. The number of nitrogens with zero attached hydrogens (tertiary/aromatic N) is 1. The summed E-state index contributed by atoms with van der Waals surface area (Å²) in [7, 11) is -3.10. The Bertz CT molecular complexity index is 743. The minimum atomic E-state index is -5.96. The van der Waals surface area contributed by atoms with Gasteiger partial charge in [-0.2, -0.15) is 21.6 Å². The number of alkyl halides is 3. The zero-order valence-corrected chi connectivity index (χ0v) is 17.1. The average Bonchev–Trinajstić information content (AvgIpc) is 2.48. The van der Waals surface area contributed by atoms with E-state index in [1.807, 2.05) is 0 Å². The molecule has 0 aromatic heterocycles. The molecule has 0 aromatic carbocycles. The molecule has 0 aromatic rings. The van der Waals surface area contributed by atoms with Crippen molar-refractivity contribution in [3.05, 3.63) is 12.0 Å². The van der Waals surface area contributed by atoms with Crippen LogP contribution in [0.25, 0.3) is 0 Å². The lowest BCUT2D eigenvalue weighted by Crippen LogP contribution is -2.57. The number of allylic oxidation sites excluding steroid dienone is 1. The Morgan fingerprint density at radius 1 is 1.14 bits per heavy atom. The van der Waals surface area contributed by atoms with Gasteiger partial charge in [0.2, 0.25) is 5.88 Å². The number of hydrogen-bond donors (Lipinski definition) is 0. The van der Waals surface area contributed by atoms with E-state index in [1.54, 1.807) is 20.8 Å². The highest BCUT2D eigenvalue weighted by Gasteiger charge is 2.58. The predicted octanol–water partition coefficient (Wildman–Crippen LogP) is 3.10. The van der Waals surface area contributed by atoms with Gasteiger partial charge in [-0.15, -0.1) is 0 Å². The topological polar surface area (TPSA) is 91.4 Å². The van der Waals surface area contributed by atoms with E-state index >= 15 is 0 Å². The lowest BCUT2D eigenvalue weighted by molar-refractivity contribution is -0.289. The normalized spacial score (nSPS) is 21.7. The molecule has 1 saturated carbocycles. The van der Waals surface area contributed by atoms with Crippen molar-refractivity contribution in [2.45, 2.75) is 56.9 Å². The number of ether oxygens (including phenoxy) is 3. The molecule has 0 saturated heterocycles. The predicted molar refractivity (Wildman–Crippen MR) is 90.1 cm³/mol. The van der Waals surface area contributed by atoms with E-state index in [0.29, 0.717) is 6.42 Å². The molecule has 2 aliphatic rings. The molecule has 0 unspecified atom stereocenters. The third-order valence-electron chi connectivity index (χ3n) is 4.61. The van der Waals surface area contributed by atoms with E-state index in [9.17, 15) is 26.4 Å². The number of halogens is 3. The van der Waals surface area contributed by atoms with Crippen LogP contribution in [0.5, 0.6) is 0 Å². The number of methoxy groups -OCH3 is 2. The fourth-order valence-electron chi connectivity index (χ4n) is 3.26. The first kappa shape index (κ1) is 22.8. The first-order chi connectivity index (χ1) is 12.6. The second-order valence-corrected chi connectivity index (χ2v) is 9.42.